The van der Waals surface area contributed by atoms with Crippen LogP contribution < -0.4 is 5.32 Å². The summed E-state index contributed by atoms with van der Waals surface area (Å²) in [5, 5.41) is 12.3. The average molecular weight is 163 g/mol. The summed E-state index contributed by atoms with van der Waals surface area (Å²) < 4.78 is 0. The Bertz CT molecular complexity index is 296. The average Bonchev–Trinajstić information content (AvgIpc) is 2.43. The van der Waals surface area contributed by atoms with Gasteiger partial charge in [-0.15, -0.1) is 0 Å². The fourth-order valence-electron chi connectivity index (χ4n) is 1.70. The maximum atomic E-state index is 8.91. The van der Waals surface area contributed by atoms with E-state index in [0.717, 1.165) is 12.0 Å². The highest BCUT2D eigenvalue weighted by molar-refractivity contribution is 5.57. The molecule has 12 heavy (non-hydrogen) atoms. The number of nitrogens with one attached hydrogen (secondary N) is 1. The lowest BCUT2D eigenvalue weighted by molar-refractivity contribution is 0.282. The predicted molar refractivity (Wildman–Crippen MR) is 49.2 cm³/mol. The monoisotopic (exact) mass is 163 g/mol. The predicted octanol–water partition coefficient (Wildman–Crippen LogP) is 1.54. The molecule has 1 aromatic rings. The van der Waals surface area contributed by atoms with Crippen molar-refractivity contribution >= 4 is 5.69 Å². The van der Waals surface area contributed by atoms with Gasteiger partial charge in [-0.05, 0) is 30.5 Å². The second kappa shape index (κ2) is 2.79. The van der Waals surface area contributed by atoms with E-state index < -0.39 is 0 Å². The Morgan fingerprint density at radius 1 is 1.58 bits per heavy atom. The van der Waals surface area contributed by atoms with Crippen LogP contribution in [0, 0.1) is 0 Å². The van der Waals surface area contributed by atoms with Crippen LogP contribution in [0.4, 0.5) is 5.69 Å². The zero-order chi connectivity index (χ0) is 8.55. The van der Waals surface area contributed by atoms with Crippen LogP contribution in [0.2, 0.25) is 0 Å². The molecule has 0 aliphatic carbocycles. The molecule has 2 N–H and O–H groups in total. The lowest BCUT2D eigenvalue weighted by Crippen LogP contribution is -2.08. The lowest BCUT2D eigenvalue weighted by Gasteiger charge is -2.02. The summed E-state index contributed by atoms with van der Waals surface area (Å²) in [5.74, 6) is 0. The van der Waals surface area contributed by atoms with Crippen LogP contribution in [-0.2, 0) is 13.0 Å². The molecular weight excluding hydrogens is 150 g/mol. The standard InChI is InChI=1S/C10H13NO/c1-7-4-9-5-8(6-12)2-3-10(9)11-7/h2-3,5,7,11-12H,4,6H2,1H3/t7-/m0/s1. The molecular formula is C10H13NO. The SMILES string of the molecule is C[C@H]1Cc2cc(CO)ccc2N1. The van der Waals surface area contributed by atoms with Crippen LogP contribution in [0.25, 0.3) is 0 Å². The third kappa shape index (κ3) is 1.18. The van der Waals surface area contributed by atoms with E-state index in [2.05, 4.69) is 18.3 Å². The largest absolute Gasteiger partial charge is 0.392 e. The second-order valence-electron chi connectivity index (χ2n) is 3.40. The van der Waals surface area contributed by atoms with Gasteiger partial charge in [-0.1, -0.05) is 12.1 Å². The van der Waals surface area contributed by atoms with Crippen LogP contribution >= 0.6 is 0 Å². The molecule has 0 saturated heterocycles. The molecule has 2 nitrogen and oxygen atoms in total. The first-order valence-electron chi connectivity index (χ1n) is 4.29. The van der Waals surface area contributed by atoms with Crippen molar-refractivity contribution in [3.05, 3.63) is 29.3 Å². The molecule has 0 spiro atoms. The number of benzene rings is 1. The Morgan fingerprint density at radius 2 is 2.42 bits per heavy atom. The van der Waals surface area contributed by atoms with Crippen LogP contribution in [-0.4, -0.2) is 11.1 Å². The number of aliphatic hydroxyl groups is 1. The van der Waals surface area contributed by atoms with E-state index in [-0.39, 0.29) is 6.61 Å². The van der Waals surface area contributed by atoms with Gasteiger partial charge in [0.05, 0.1) is 6.61 Å². The molecule has 1 aromatic carbocycles. The van der Waals surface area contributed by atoms with Gasteiger partial charge in [0.2, 0.25) is 0 Å². The summed E-state index contributed by atoms with van der Waals surface area (Å²) in [6.45, 7) is 2.31. The van der Waals surface area contributed by atoms with Gasteiger partial charge in [-0.3, -0.25) is 0 Å². The number of anilines is 1. The number of rotatable bonds is 1. The molecule has 1 heterocycles. The maximum absolute atomic E-state index is 8.91. The second-order valence-corrected chi connectivity index (χ2v) is 3.40. The Hall–Kier alpha value is -1.02. The van der Waals surface area contributed by atoms with E-state index in [1.165, 1.54) is 11.3 Å². The maximum Gasteiger partial charge on any atom is 0.0681 e. The Balaban J connectivity index is 2.35. The summed E-state index contributed by atoms with van der Waals surface area (Å²) in [6, 6.07) is 6.62. The highest BCUT2D eigenvalue weighted by atomic mass is 16.3. The van der Waals surface area contributed by atoms with Crippen molar-refractivity contribution in [1.82, 2.24) is 0 Å². The van der Waals surface area contributed by atoms with Gasteiger partial charge in [-0.2, -0.15) is 0 Å². The van der Waals surface area contributed by atoms with E-state index in [1.807, 2.05) is 12.1 Å². The number of hydrogen-bond acceptors (Lipinski definition) is 2. The molecule has 1 aliphatic heterocycles. The Labute approximate surface area is 72.2 Å². The van der Waals surface area contributed by atoms with Crippen molar-refractivity contribution in [3.8, 4) is 0 Å². The zero-order valence-corrected chi connectivity index (χ0v) is 7.17. The van der Waals surface area contributed by atoms with E-state index in [0.29, 0.717) is 6.04 Å². The van der Waals surface area contributed by atoms with E-state index in [9.17, 15) is 0 Å². The van der Waals surface area contributed by atoms with E-state index in [4.69, 9.17) is 5.11 Å². The number of hydrogen-bond donors (Lipinski definition) is 2. The normalized spacial score (nSPS) is 20.3. The minimum atomic E-state index is 0.141. The summed E-state index contributed by atoms with van der Waals surface area (Å²) in [7, 11) is 0. The molecule has 0 saturated carbocycles. The van der Waals surface area contributed by atoms with Crippen molar-refractivity contribution in [3.63, 3.8) is 0 Å². The van der Waals surface area contributed by atoms with Crippen molar-refractivity contribution in [2.75, 3.05) is 5.32 Å². The summed E-state index contributed by atoms with van der Waals surface area (Å²) in [5.41, 5.74) is 3.55. The molecule has 0 radical (unpaired) electrons. The highest BCUT2D eigenvalue weighted by Crippen LogP contribution is 2.26. The molecule has 1 atom stereocenters. The van der Waals surface area contributed by atoms with Crippen molar-refractivity contribution in [1.29, 1.82) is 0 Å². The van der Waals surface area contributed by atoms with Crippen LogP contribution in [0.15, 0.2) is 18.2 Å². The van der Waals surface area contributed by atoms with Crippen molar-refractivity contribution in [2.45, 2.75) is 26.0 Å². The molecule has 2 heteroatoms. The fraction of sp³-hybridized carbons (Fsp3) is 0.400. The van der Waals surface area contributed by atoms with Crippen LogP contribution in [0.1, 0.15) is 18.1 Å². The molecule has 2 rings (SSSR count). The van der Waals surface area contributed by atoms with E-state index in [1.54, 1.807) is 0 Å². The third-order valence-corrected chi connectivity index (χ3v) is 2.28. The van der Waals surface area contributed by atoms with Gasteiger partial charge in [0.15, 0.2) is 0 Å². The quantitative estimate of drug-likeness (QED) is 0.658. The lowest BCUT2D eigenvalue weighted by atomic mass is 10.1. The van der Waals surface area contributed by atoms with Gasteiger partial charge in [0.25, 0.3) is 0 Å². The van der Waals surface area contributed by atoms with E-state index >= 15 is 0 Å². The zero-order valence-electron chi connectivity index (χ0n) is 7.17. The van der Waals surface area contributed by atoms with Gasteiger partial charge in [0.1, 0.15) is 0 Å². The van der Waals surface area contributed by atoms with Gasteiger partial charge >= 0.3 is 0 Å². The molecule has 64 valence electrons. The third-order valence-electron chi connectivity index (χ3n) is 2.28. The molecule has 0 fully saturated rings. The first kappa shape index (κ1) is 7.62. The van der Waals surface area contributed by atoms with Crippen molar-refractivity contribution < 1.29 is 5.11 Å². The van der Waals surface area contributed by atoms with Crippen molar-refractivity contribution in [2.24, 2.45) is 0 Å². The molecule has 0 amide bonds. The van der Waals surface area contributed by atoms with Crippen LogP contribution in [0.3, 0.4) is 0 Å². The van der Waals surface area contributed by atoms with Gasteiger partial charge in [-0.25, -0.2) is 0 Å². The van der Waals surface area contributed by atoms with Gasteiger partial charge in [0, 0.05) is 11.7 Å². The fourth-order valence-corrected chi connectivity index (χ4v) is 1.70. The first-order valence-corrected chi connectivity index (χ1v) is 4.29. The topological polar surface area (TPSA) is 32.3 Å². The molecule has 1 aliphatic rings. The summed E-state index contributed by atoms with van der Waals surface area (Å²) >= 11 is 0. The number of aliphatic hydroxyl groups excluding tert-OH is 1. The summed E-state index contributed by atoms with van der Waals surface area (Å²) in [6.07, 6.45) is 1.07. The Kier molecular flexibility index (Phi) is 1.77. The molecule has 0 bridgehead atoms. The van der Waals surface area contributed by atoms with Crippen LogP contribution in [0.5, 0.6) is 0 Å². The number of fused-ring (bicyclic) bond motifs is 1. The van der Waals surface area contributed by atoms with Gasteiger partial charge < -0.3 is 10.4 Å². The summed E-state index contributed by atoms with van der Waals surface area (Å²) in [4.78, 5) is 0. The minimum Gasteiger partial charge on any atom is -0.392 e. The molecule has 0 unspecified atom stereocenters. The first-order chi connectivity index (χ1) is 5.79. The molecule has 0 aromatic heterocycles. The minimum absolute atomic E-state index is 0.141. The highest BCUT2D eigenvalue weighted by Gasteiger charge is 2.15. The smallest absolute Gasteiger partial charge is 0.0681 e. The Morgan fingerprint density at radius 3 is 3.17 bits per heavy atom.